The zero-order chi connectivity index (χ0) is 9.56. The van der Waals surface area contributed by atoms with Crippen LogP contribution in [0, 0.1) is 5.92 Å². The second-order valence-corrected chi connectivity index (χ2v) is 5.55. The Morgan fingerprint density at radius 3 is 2.17 bits per heavy atom. The summed E-state index contributed by atoms with van der Waals surface area (Å²) in [6.07, 6.45) is 2.58. The molecule has 74 valence electrons. The second kappa shape index (κ2) is 6.79. The Hall–Kier alpha value is 0.310. The highest BCUT2D eigenvalue weighted by Crippen LogP contribution is 2.25. The molecule has 2 N–H and O–H groups in total. The molecule has 0 bridgehead atoms. The van der Waals surface area contributed by atoms with Crippen molar-refractivity contribution in [2.45, 2.75) is 51.0 Å². The van der Waals surface area contributed by atoms with Gasteiger partial charge in [0, 0.05) is 11.8 Å². The average Bonchev–Trinajstić information content (AvgIpc) is 2.00. The van der Waals surface area contributed by atoms with Crippen molar-refractivity contribution >= 4 is 11.8 Å². The number of hydrogen-bond acceptors (Lipinski definition) is 2. The molecule has 0 fully saturated rings. The van der Waals surface area contributed by atoms with E-state index in [9.17, 15) is 0 Å². The molecule has 0 amide bonds. The predicted octanol–water partition coefficient (Wildman–Crippen LogP) is 2.89. The van der Waals surface area contributed by atoms with Crippen LogP contribution in [0.3, 0.4) is 0 Å². The normalized spacial score (nSPS) is 16.5. The standard InChI is InChI=1S/C10H23NS/c1-5-6-9(4)10(7-11)12-8(2)3/h8-10H,5-7,11H2,1-4H3. The van der Waals surface area contributed by atoms with Gasteiger partial charge in [0.05, 0.1) is 0 Å². The lowest BCUT2D eigenvalue weighted by Crippen LogP contribution is -2.25. The quantitative estimate of drug-likeness (QED) is 0.695. The SMILES string of the molecule is CCCC(C)C(CN)SC(C)C. The Morgan fingerprint density at radius 2 is 1.83 bits per heavy atom. The van der Waals surface area contributed by atoms with Gasteiger partial charge >= 0.3 is 0 Å². The highest BCUT2D eigenvalue weighted by molar-refractivity contribution is 8.00. The Kier molecular flexibility index (Phi) is 6.96. The molecule has 0 saturated heterocycles. The van der Waals surface area contributed by atoms with E-state index >= 15 is 0 Å². The van der Waals surface area contributed by atoms with E-state index in [-0.39, 0.29) is 0 Å². The first-order chi connectivity index (χ1) is 5.61. The van der Waals surface area contributed by atoms with Gasteiger partial charge in [0.1, 0.15) is 0 Å². The second-order valence-electron chi connectivity index (χ2n) is 3.72. The van der Waals surface area contributed by atoms with Crippen LogP contribution >= 0.6 is 11.8 Å². The van der Waals surface area contributed by atoms with Crippen molar-refractivity contribution in [1.29, 1.82) is 0 Å². The summed E-state index contributed by atoms with van der Waals surface area (Å²) in [5, 5.41) is 1.36. The number of nitrogens with two attached hydrogens (primary N) is 1. The molecule has 0 aromatic carbocycles. The van der Waals surface area contributed by atoms with Crippen molar-refractivity contribution in [2.24, 2.45) is 11.7 Å². The van der Waals surface area contributed by atoms with E-state index in [0.717, 1.165) is 12.5 Å². The fourth-order valence-corrected chi connectivity index (χ4v) is 2.63. The van der Waals surface area contributed by atoms with Gasteiger partial charge in [-0.2, -0.15) is 11.8 Å². The number of rotatable bonds is 6. The van der Waals surface area contributed by atoms with E-state index in [4.69, 9.17) is 5.73 Å². The van der Waals surface area contributed by atoms with Crippen LogP contribution in [0.1, 0.15) is 40.5 Å². The molecule has 2 atom stereocenters. The van der Waals surface area contributed by atoms with Gasteiger partial charge in [0.25, 0.3) is 0 Å². The average molecular weight is 189 g/mol. The van der Waals surface area contributed by atoms with E-state index in [2.05, 4.69) is 27.7 Å². The van der Waals surface area contributed by atoms with E-state index < -0.39 is 0 Å². The smallest absolute Gasteiger partial charge is 0.0198 e. The molecule has 0 aromatic rings. The van der Waals surface area contributed by atoms with Gasteiger partial charge in [-0.25, -0.2) is 0 Å². The summed E-state index contributed by atoms with van der Waals surface area (Å²) in [6, 6.07) is 0. The van der Waals surface area contributed by atoms with Crippen LogP contribution in [0.2, 0.25) is 0 Å². The van der Waals surface area contributed by atoms with E-state index in [1.165, 1.54) is 12.8 Å². The summed E-state index contributed by atoms with van der Waals surface area (Å²) >= 11 is 2.02. The maximum atomic E-state index is 5.73. The third-order valence-corrected chi connectivity index (χ3v) is 3.61. The molecule has 0 aliphatic carbocycles. The first-order valence-corrected chi connectivity index (χ1v) is 5.91. The summed E-state index contributed by atoms with van der Waals surface area (Å²) < 4.78 is 0. The maximum Gasteiger partial charge on any atom is 0.0198 e. The lowest BCUT2D eigenvalue weighted by Gasteiger charge is -2.23. The van der Waals surface area contributed by atoms with Crippen molar-refractivity contribution in [3.63, 3.8) is 0 Å². The molecule has 0 heterocycles. The Morgan fingerprint density at radius 1 is 1.25 bits per heavy atom. The van der Waals surface area contributed by atoms with Crippen molar-refractivity contribution in [1.82, 2.24) is 0 Å². The van der Waals surface area contributed by atoms with Crippen LogP contribution < -0.4 is 5.73 Å². The van der Waals surface area contributed by atoms with Crippen LogP contribution in [-0.4, -0.2) is 17.0 Å². The van der Waals surface area contributed by atoms with Gasteiger partial charge in [0.15, 0.2) is 0 Å². The number of hydrogen-bond donors (Lipinski definition) is 1. The molecule has 0 rings (SSSR count). The van der Waals surface area contributed by atoms with Crippen molar-refractivity contribution in [3.05, 3.63) is 0 Å². The largest absolute Gasteiger partial charge is 0.329 e. The van der Waals surface area contributed by atoms with Gasteiger partial charge in [-0.3, -0.25) is 0 Å². The minimum Gasteiger partial charge on any atom is -0.329 e. The minimum atomic E-state index is 0.657. The first kappa shape index (κ1) is 12.3. The fourth-order valence-electron chi connectivity index (χ4n) is 1.41. The lowest BCUT2D eigenvalue weighted by molar-refractivity contribution is 0.505. The van der Waals surface area contributed by atoms with Gasteiger partial charge in [-0.05, 0) is 17.6 Å². The molecule has 0 aliphatic heterocycles. The van der Waals surface area contributed by atoms with Crippen LogP contribution in [0.25, 0.3) is 0 Å². The molecule has 2 unspecified atom stereocenters. The molecule has 0 aliphatic rings. The molecule has 0 spiro atoms. The van der Waals surface area contributed by atoms with Crippen molar-refractivity contribution in [3.8, 4) is 0 Å². The number of thioether (sulfide) groups is 1. The monoisotopic (exact) mass is 189 g/mol. The third kappa shape index (κ3) is 5.04. The van der Waals surface area contributed by atoms with Gasteiger partial charge in [-0.15, -0.1) is 0 Å². The lowest BCUT2D eigenvalue weighted by atomic mass is 10.0. The van der Waals surface area contributed by atoms with E-state index in [1.54, 1.807) is 0 Å². The molecule has 2 heteroatoms. The summed E-state index contributed by atoms with van der Waals surface area (Å²) in [6.45, 7) is 9.86. The molecule has 12 heavy (non-hydrogen) atoms. The summed E-state index contributed by atoms with van der Waals surface area (Å²) in [7, 11) is 0. The van der Waals surface area contributed by atoms with Gasteiger partial charge in [0.2, 0.25) is 0 Å². The molecule has 0 saturated carbocycles. The molecular formula is C10H23NS. The zero-order valence-electron chi connectivity index (χ0n) is 8.84. The molecule has 0 radical (unpaired) electrons. The van der Waals surface area contributed by atoms with Crippen molar-refractivity contribution < 1.29 is 0 Å². The van der Waals surface area contributed by atoms with Gasteiger partial charge < -0.3 is 5.73 Å². The molecular weight excluding hydrogens is 166 g/mol. The maximum absolute atomic E-state index is 5.73. The Bertz CT molecular complexity index is 104. The van der Waals surface area contributed by atoms with Crippen LogP contribution in [-0.2, 0) is 0 Å². The third-order valence-electron chi connectivity index (χ3n) is 2.06. The highest BCUT2D eigenvalue weighted by atomic mass is 32.2. The summed E-state index contributed by atoms with van der Waals surface area (Å²) in [5.74, 6) is 0.771. The van der Waals surface area contributed by atoms with Gasteiger partial charge in [-0.1, -0.05) is 34.1 Å². The zero-order valence-corrected chi connectivity index (χ0v) is 9.66. The Labute approximate surface area is 81.5 Å². The first-order valence-electron chi connectivity index (χ1n) is 4.97. The van der Waals surface area contributed by atoms with E-state index in [1.807, 2.05) is 11.8 Å². The van der Waals surface area contributed by atoms with E-state index in [0.29, 0.717) is 10.5 Å². The summed E-state index contributed by atoms with van der Waals surface area (Å²) in [4.78, 5) is 0. The molecule has 0 aromatic heterocycles. The highest BCUT2D eigenvalue weighted by Gasteiger charge is 2.16. The van der Waals surface area contributed by atoms with Crippen LogP contribution in [0.5, 0.6) is 0 Å². The summed E-state index contributed by atoms with van der Waals surface area (Å²) in [5.41, 5.74) is 5.73. The van der Waals surface area contributed by atoms with Crippen molar-refractivity contribution in [2.75, 3.05) is 6.54 Å². The molecule has 1 nitrogen and oxygen atoms in total. The Balaban J connectivity index is 3.78. The predicted molar refractivity (Wildman–Crippen MR) is 59.6 cm³/mol. The fraction of sp³-hybridized carbons (Fsp3) is 1.00. The van der Waals surface area contributed by atoms with Crippen LogP contribution in [0.4, 0.5) is 0 Å². The minimum absolute atomic E-state index is 0.657. The topological polar surface area (TPSA) is 26.0 Å². The van der Waals surface area contributed by atoms with Crippen LogP contribution in [0.15, 0.2) is 0 Å².